The number of nitrogens with zero attached hydrogens (tertiary/aromatic N) is 7. The van der Waals surface area contributed by atoms with Crippen LogP contribution in [0.15, 0.2) is 78.9 Å². The second kappa shape index (κ2) is 12.4. The predicted molar refractivity (Wildman–Crippen MR) is 157 cm³/mol. The first-order valence-electron chi connectivity index (χ1n) is 14.6. The molecule has 2 fully saturated rings. The molecule has 0 bridgehead atoms. The predicted octanol–water partition coefficient (Wildman–Crippen LogP) is 4.24. The summed E-state index contributed by atoms with van der Waals surface area (Å²) in [5.74, 6) is -0.513. The van der Waals surface area contributed by atoms with Crippen LogP contribution in [-0.4, -0.2) is 92.7 Å². The highest BCUT2D eigenvalue weighted by atomic mass is 19.4. The fourth-order valence-corrected chi connectivity index (χ4v) is 6.68. The van der Waals surface area contributed by atoms with Gasteiger partial charge in [-0.1, -0.05) is 60.7 Å². The van der Waals surface area contributed by atoms with E-state index in [0.29, 0.717) is 43.2 Å². The van der Waals surface area contributed by atoms with Gasteiger partial charge in [-0.3, -0.25) is 14.6 Å². The SMILES string of the molecule is COc1ccc(-n2nnnc2C(F)(F)F)cc1CN1C[C@@H]2CN(C(C)=O)CCN2[C@H](C(c2ccccc2)c2ccccc2)C1. The van der Waals surface area contributed by atoms with E-state index in [-0.39, 0.29) is 29.6 Å². The molecule has 12 heteroatoms. The van der Waals surface area contributed by atoms with Crippen LogP contribution in [0.4, 0.5) is 13.2 Å². The Labute approximate surface area is 253 Å². The number of amides is 1. The summed E-state index contributed by atoms with van der Waals surface area (Å²) in [7, 11) is 1.55. The Balaban J connectivity index is 1.37. The van der Waals surface area contributed by atoms with E-state index in [9.17, 15) is 18.0 Å². The molecule has 2 saturated heterocycles. The van der Waals surface area contributed by atoms with E-state index in [4.69, 9.17) is 4.74 Å². The number of carbonyl (C=O) groups is 1. The summed E-state index contributed by atoms with van der Waals surface area (Å²) < 4.78 is 47.2. The summed E-state index contributed by atoms with van der Waals surface area (Å²) >= 11 is 0. The molecule has 4 aromatic rings. The van der Waals surface area contributed by atoms with Crippen molar-refractivity contribution < 1.29 is 22.7 Å². The van der Waals surface area contributed by atoms with E-state index in [2.05, 4.69) is 73.9 Å². The van der Waals surface area contributed by atoms with Crippen LogP contribution < -0.4 is 4.74 Å². The summed E-state index contributed by atoms with van der Waals surface area (Å²) in [5, 5.41) is 10.1. The van der Waals surface area contributed by atoms with E-state index in [1.807, 2.05) is 17.0 Å². The number of hydrogen-bond acceptors (Lipinski definition) is 7. The standard InChI is InChI=1S/C32H34F3N7O2/c1-22(43)40-15-16-41-27(20-40)19-39(21-28(41)30(23-9-5-3-6-10-23)24-11-7-4-8-12-24)18-25-17-26(13-14-29(25)44-2)42-31(32(33,34)35)36-37-38-42/h3-14,17,27-28,30H,15-16,18-21H2,1-2H3/t27-,28+/m1/s1. The van der Waals surface area contributed by atoms with Gasteiger partial charge in [0, 0.05) is 69.8 Å². The molecule has 0 radical (unpaired) electrons. The average molecular weight is 606 g/mol. The molecule has 2 aliphatic heterocycles. The lowest BCUT2D eigenvalue weighted by atomic mass is 9.81. The Morgan fingerprint density at radius 1 is 0.955 bits per heavy atom. The Kier molecular flexibility index (Phi) is 8.37. The third-order valence-corrected chi connectivity index (χ3v) is 8.64. The van der Waals surface area contributed by atoms with Crippen molar-refractivity contribution in [2.45, 2.75) is 37.6 Å². The minimum atomic E-state index is -4.71. The van der Waals surface area contributed by atoms with Crippen molar-refractivity contribution in [1.82, 2.24) is 34.9 Å². The van der Waals surface area contributed by atoms with Gasteiger partial charge in [-0.2, -0.15) is 17.9 Å². The number of fused-ring (bicyclic) bond motifs is 1. The molecule has 0 aliphatic carbocycles. The number of piperazine rings is 2. The molecule has 9 nitrogen and oxygen atoms in total. The summed E-state index contributed by atoms with van der Waals surface area (Å²) in [6, 6.07) is 25.9. The molecule has 0 saturated carbocycles. The number of benzene rings is 3. The number of aromatic nitrogens is 4. The van der Waals surface area contributed by atoms with Gasteiger partial charge in [0.1, 0.15) is 5.75 Å². The van der Waals surface area contributed by atoms with Crippen molar-refractivity contribution in [2.75, 3.05) is 39.8 Å². The Morgan fingerprint density at radius 3 is 2.25 bits per heavy atom. The minimum absolute atomic E-state index is 0.0530. The number of ether oxygens (including phenoxy) is 1. The molecule has 1 amide bonds. The van der Waals surface area contributed by atoms with Gasteiger partial charge in [0.05, 0.1) is 12.8 Å². The molecule has 2 aliphatic rings. The zero-order valence-corrected chi connectivity index (χ0v) is 24.6. The van der Waals surface area contributed by atoms with Crippen molar-refractivity contribution in [2.24, 2.45) is 0 Å². The Morgan fingerprint density at radius 2 is 1.64 bits per heavy atom. The van der Waals surface area contributed by atoms with E-state index in [0.717, 1.165) is 12.1 Å². The van der Waals surface area contributed by atoms with Crippen molar-refractivity contribution >= 4 is 5.91 Å². The van der Waals surface area contributed by atoms with Crippen LogP contribution >= 0.6 is 0 Å². The Bertz CT molecular complexity index is 1540. The monoisotopic (exact) mass is 605 g/mol. The quantitative estimate of drug-likeness (QED) is 0.312. The van der Waals surface area contributed by atoms with Gasteiger partial charge < -0.3 is 9.64 Å². The van der Waals surface area contributed by atoms with Gasteiger partial charge in [0.25, 0.3) is 5.82 Å². The van der Waals surface area contributed by atoms with Crippen LogP contribution in [0.1, 0.15) is 35.4 Å². The number of methoxy groups -OCH3 is 1. The van der Waals surface area contributed by atoms with Crippen molar-refractivity contribution in [3.63, 3.8) is 0 Å². The highest BCUT2D eigenvalue weighted by Gasteiger charge is 2.43. The number of tetrazole rings is 1. The van der Waals surface area contributed by atoms with Gasteiger partial charge in [-0.05, 0) is 39.8 Å². The number of hydrogen-bond donors (Lipinski definition) is 0. The maximum Gasteiger partial charge on any atom is 0.453 e. The lowest BCUT2D eigenvalue weighted by molar-refractivity contribution is -0.146. The number of halogens is 3. The number of carbonyl (C=O) groups excluding carboxylic acids is 1. The van der Waals surface area contributed by atoms with Crippen molar-refractivity contribution in [1.29, 1.82) is 0 Å². The van der Waals surface area contributed by atoms with E-state index < -0.39 is 12.0 Å². The second-order valence-corrected chi connectivity index (χ2v) is 11.3. The molecule has 3 heterocycles. The number of rotatable bonds is 7. The fraction of sp³-hybridized carbons (Fsp3) is 0.375. The molecule has 6 rings (SSSR count). The Hall–Kier alpha value is -4.29. The molecule has 0 unspecified atom stereocenters. The molecule has 0 spiro atoms. The highest BCUT2D eigenvalue weighted by molar-refractivity contribution is 5.73. The van der Waals surface area contributed by atoms with E-state index in [1.54, 1.807) is 26.2 Å². The van der Waals surface area contributed by atoms with Crippen LogP contribution in [0.5, 0.6) is 5.75 Å². The molecule has 230 valence electrons. The third-order valence-electron chi connectivity index (χ3n) is 8.64. The molecule has 0 N–H and O–H groups in total. The van der Waals surface area contributed by atoms with Crippen LogP contribution in [0.25, 0.3) is 5.69 Å². The maximum atomic E-state index is 13.6. The fourth-order valence-electron chi connectivity index (χ4n) is 6.68. The van der Waals surface area contributed by atoms with Gasteiger partial charge in [-0.15, -0.1) is 5.10 Å². The minimum Gasteiger partial charge on any atom is -0.496 e. The van der Waals surface area contributed by atoms with E-state index in [1.165, 1.54) is 17.2 Å². The first-order valence-corrected chi connectivity index (χ1v) is 14.6. The normalized spacial score (nSPS) is 19.6. The van der Waals surface area contributed by atoms with Gasteiger partial charge in [0.2, 0.25) is 5.91 Å². The zero-order valence-electron chi connectivity index (χ0n) is 24.6. The topological polar surface area (TPSA) is 79.6 Å². The third kappa shape index (κ3) is 6.04. The average Bonchev–Trinajstić information content (AvgIpc) is 3.53. The lowest BCUT2D eigenvalue weighted by Crippen LogP contribution is -2.67. The maximum absolute atomic E-state index is 13.6. The van der Waals surface area contributed by atoms with Crippen LogP contribution in [-0.2, 0) is 17.5 Å². The summed E-state index contributed by atoms with van der Waals surface area (Å²) in [4.78, 5) is 19.2. The molecular weight excluding hydrogens is 571 g/mol. The molecule has 44 heavy (non-hydrogen) atoms. The summed E-state index contributed by atoms with van der Waals surface area (Å²) in [6.07, 6.45) is -4.71. The molecule has 2 atom stereocenters. The van der Waals surface area contributed by atoms with Crippen LogP contribution in [0.3, 0.4) is 0 Å². The molecule has 1 aromatic heterocycles. The first-order chi connectivity index (χ1) is 21.2. The zero-order chi connectivity index (χ0) is 30.8. The molecule has 3 aromatic carbocycles. The van der Waals surface area contributed by atoms with Crippen molar-refractivity contribution in [3.8, 4) is 11.4 Å². The van der Waals surface area contributed by atoms with Gasteiger partial charge in [-0.25, -0.2) is 0 Å². The lowest BCUT2D eigenvalue weighted by Gasteiger charge is -2.53. The summed E-state index contributed by atoms with van der Waals surface area (Å²) in [6.45, 7) is 5.46. The largest absolute Gasteiger partial charge is 0.496 e. The van der Waals surface area contributed by atoms with Crippen LogP contribution in [0.2, 0.25) is 0 Å². The van der Waals surface area contributed by atoms with Crippen LogP contribution in [0, 0.1) is 0 Å². The van der Waals surface area contributed by atoms with Crippen molar-refractivity contribution in [3.05, 3.63) is 101 Å². The molecular formula is C32H34F3N7O2. The smallest absolute Gasteiger partial charge is 0.453 e. The van der Waals surface area contributed by atoms with Gasteiger partial charge >= 0.3 is 6.18 Å². The first kappa shape index (κ1) is 29.8. The second-order valence-electron chi connectivity index (χ2n) is 11.3. The van der Waals surface area contributed by atoms with Gasteiger partial charge in [0.15, 0.2) is 0 Å². The van der Waals surface area contributed by atoms with E-state index >= 15 is 0 Å². The summed E-state index contributed by atoms with van der Waals surface area (Å²) in [5.41, 5.74) is 3.32. The highest BCUT2D eigenvalue weighted by Crippen LogP contribution is 2.37. The number of alkyl halides is 3.